The first kappa shape index (κ1) is 13.7. The van der Waals surface area contributed by atoms with Gasteiger partial charge in [-0.05, 0) is 17.5 Å². The number of aliphatic carboxylic acids is 1. The molecule has 1 aromatic carbocycles. The zero-order chi connectivity index (χ0) is 12.7. The molecule has 1 unspecified atom stereocenters. The summed E-state index contributed by atoms with van der Waals surface area (Å²) in [6, 6.07) is 7.53. The van der Waals surface area contributed by atoms with Gasteiger partial charge < -0.3 is 15.5 Å². The number of hydrogen-bond acceptors (Lipinski definition) is 3. The molecule has 0 aliphatic heterocycles. The SMILES string of the molecule is CCC(CO)NCc1ccccc1CC(=O)O. The molecule has 17 heavy (non-hydrogen) atoms. The molecular formula is C13H19NO3. The van der Waals surface area contributed by atoms with Gasteiger partial charge in [0.1, 0.15) is 0 Å². The summed E-state index contributed by atoms with van der Waals surface area (Å²) < 4.78 is 0. The van der Waals surface area contributed by atoms with E-state index in [1.165, 1.54) is 0 Å². The maximum atomic E-state index is 10.7. The predicted octanol–water partition coefficient (Wildman–Crippen LogP) is 1.17. The first-order valence-electron chi connectivity index (χ1n) is 5.80. The summed E-state index contributed by atoms with van der Waals surface area (Å²) in [5, 5.41) is 21.1. The van der Waals surface area contributed by atoms with Gasteiger partial charge in [0.15, 0.2) is 0 Å². The summed E-state index contributed by atoms with van der Waals surface area (Å²) in [5.41, 5.74) is 1.79. The van der Waals surface area contributed by atoms with Gasteiger partial charge in [0.05, 0.1) is 13.0 Å². The molecule has 0 heterocycles. The van der Waals surface area contributed by atoms with Crippen LogP contribution in [0, 0.1) is 0 Å². The van der Waals surface area contributed by atoms with E-state index in [2.05, 4.69) is 5.32 Å². The third-order valence-corrected chi connectivity index (χ3v) is 2.75. The Balaban J connectivity index is 2.66. The number of carboxylic acid groups (broad SMARTS) is 1. The summed E-state index contributed by atoms with van der Waals surface area (Å²) in [6.07, 6.45) is 0.880. The molecule has 4 heteroatoms. The number of aliphatic hydroxyl groups is 1. The number of benzene rings is 1. The molecule has 0 saturated carbocycles. The number of hydrogen-bond donors (Lipinski definition) is 3. The fraction of sp³-hybridized carbons (Fsp3) is 0.462. The molecule has 0 fully saturated rings. The van der Waals surface area contributed by atoms with E-state index in [4.69, 9.17) is 10.2 Å². The lowest BCUT2D eigenvalue weighted by atomic mass is 10.0. The Bertz CT molecular complexity index is 361. The van der Waals surface area contributed by atoms with E-state index >= 15 is 0 Å². The van der Waals surface area contributed by atoms with Crippen molar-refractivity contribution in [2.24, 2.45) is 0 Å². The first-order valence-corrected chi connectivity index (χ1v) is 5.80. The van der Waals surface area contributed by atoms with Gasteiger partial charge in [0.2, 0.25) is 0 Å². The Labute approximate surface area is 101 Å². The number of aliphatic hydroxyl groups excluding tert-OH is 1. The number of nitrogens with one attached hydrogen (secondary N) is 1. The molecule has 0 bridgehead atoms. The standard InChI is InChI=1S/C13H19NO3/c1-2-12(9-15)14-8-11-6-4-3-5-10(11)7-13(16)17/h3-6,12,14-15H,2,7-9H2,1H3,(H,16,17). The minimum absolute atomic E-state index is 0.0355. The third-order valence-electron chi connectivity index (χ3n) is 2.75. The molecule has 0 spiro atoms. The molecule has 0 radical (unpaired) electrons. The highest BCUT2D eigenvalue weighted by Gasteiger charge is 2.08. The van der Waals surface area contributed by atoms with Crippen molar-refractivity contribution in [3.05, 3.63) is 35.4 Å². The predicted molar refractivity (Wildman–Crippen MR) is 65.8 cm³/mol. The molecule has 0 aliphatic rings. The molecule has 1 aromatic rings. The van der Waals surface area contributed by atoms with E-state index in [0.29, 0.717) is 6.54 Å². The van der Waals surface area contributed by atoms with Crippen molar-refractivity contribution >= 4 is 5.97 Å². The second kappa shape index (κ2) is 7.04. The number of carbonyl (C=O) groups is 1. The van der Waals surface area contributed by atoms with E-state index in [9.17, 15) is 4.79 Å². The summed E-state index contributed by atoms with van der Waals surface area (Å²) >= 11 is 0. The normalized spacial score (nSPS) is 12.4. The molecule has 0 aliphatic carbocycles. The first-order chi connectivity index (χ1) is 8.17. The smallest absolute Gasteiger partial charge is 0.307 e. The average Bonchev–Trinajstić information content (AvgIpc) is 2.31. The van der Waals surface area contributed by atoms with Crippen molar-refractivity contribution in [3.8, 4) is 0 Å². The highest BCUT2D eigenvalue weighted by molar-refractivity contribution is 5.70. The summed E-state index contributed by atoms with van der Waals surface area (Å²) in [5.74, 6) is -0.827. The van der Waals surface area contributed by atoms with Crippen molar-refractivity contribution in [3.63, 3.8) is 0 Å². The zero-order valence-electron chi connectivity index (χ0n) is 10.0. The molecule has 1 rings (SSSR count). The van der Waals surface area contributed by atoms with Crippen LogP contribution in [0.5, 0.6) is 0 Å². The maximum Gasteiger partial charge on any atom is 0.307 e. The average molecular weight is 237 g/mol. The third kappa shape index (κ3) is 4.54. The van der Waals surface area contributed by atoms with Crippen LogP contribution in [0.15, 0.2) is 24.3 Å². The van der Waals surface area contributed by atoms with Crippen LogP contribution in [0.3, 0.4) is 0 Å². The summed E-state index contributed by atoms with van der Waals surface area (Å²) in [7, 11) is 0. The summed E-state index contributed by atoms with van der Waals surface area (Å²) in [4.78, 5) is 10.7. The van der Waals surface area contributed by atoms with Gasteiger partial charge >= 0.3 is 5.97 Å². The second-order valence-electron chi connectivity index (χ2n) is 4.01. The monoisotopic (exact) mass is 237 g/mol. The van der Waals surface area contributed by atoms with Crippen molar-refractivity contribution in [2.45, 2.75) is 32.4 Å². The quantitative estimate of drug-likeness (QED) is 0.666. The second-order valence-corrected chi connectivity index (χ2v) is 4.01. The molecule has 0 saturated heterocycles. The highest BCUT2D eigenvalue weighted by Crippen LogP contribution is 2.10. The Hall–Kier alpha value is -1.39. The number of carboxylic acids is 1. The molecule has 1 atom stereocenters. The minimum atomic E-state index is -0.827. The van der Waals surface area contributed by atoms with Gasteiger partial charge in [-0.15, -0.1) is 0 Å². The Morgan fingerprint density at radius 3 is 2.53 bits per heavy atom. The fourth-order valence-electron chi connectivity index (χ4n) is 1.66. The molecule has 4 nitrogen and oxygen atoms in total. The van der Waals surface area contributed by atoms with E-state index in [1.807, 2.05) is 31.2 Å². The van der Waals surface area contributed by atoms with Gasteiger partial charge in [-0.3, -0.25) is 4.79 Å². The lowest BCUT2D eigenvalue weighted by Crippen LogP contribution is -2.31. The van der Waals surface area contributed by atoms with Crippen LogP contribution in [-0.2, 0) is 17.8 Å². The van der Waals surface area contributed by atoms with Crippen LogP contribution >= 0.6 is 0 Å². The maximum absolute atomic E-state index is 10.7. The molecule has 3 N–H and O–H groups in total. The highest BCUT2D eigenvalue weighted by atomic mass is 16.4. The number of rotatable bonds is 7. The van der Waals surface area contributed by atoms with Crippen molar-refractivity contribution in [1.29, 1.82) is 0 Å². The zero-order valence-corrected chi connectivity index (χ0v) is 10.0. The Morgan fingerprint density at radius 2 is 2.00 bits per heavy atom. The van der Waals surface area contributed by atoms with E-state index < -0.39 is 5.97 Å². The van der Waals surface area contributed by atoms with Crippen molar-refractivity contribution in [2.75, 3.05) is 6.61 Å². The lowest BCUT2D eigenvalue weighted by Gasteiger charge is -2.15. The molecule has 0 aromatic heterocycles. The van der Waals surface area contributed by atoms with Gasteiger partial charge in [0.25, 0.3) is 0 Å². The van der Waals surface area contributed by atoms with E-state index in [0.717, 1.165) is 17.5 Å². The Kier molecular flexibility index (Phi) is 5.66. The van der Waals surface area contributed by atoms with Gasteiger partial charge in [-0.25, -0.2) is 0 Å². The topological polar surface area (TPSA) is 69.6 Å². The van der Waals surface area contributed by atoms with Crippen molar-refractivity contribution < 1.29 is 15.0 Å². The van der Waals surface area contributed by atoms with Gasteiger partial charge in [0, 0.05) is 12.6 Å². The van der Waals surface area contributed by atoms with Crippen LogP contribution in [0.4, 0.5) is 0 Å². The Morgan fingerprint density at radius 1 is 1.35 bits per heavy atom. The van der Waals surface area contributed by atoms with Gasteiger partial charge in [-0.1, -0.05) is 31.2 Å². The van der Waals surface area contributed by atoms with E-state index in [-0.39, 0.29) is 19.1 Å². The van der Waals surface area contributed by atoms with Crippen LogP contribution in [0.2, 0.25) is 0 Å². The fourth-order valence-corrected chi connectivity index (χ4v) is 1.66. The van der Waals surface area contributed by atoms with Gasteiger partial charge in [-0.2, -0.15) is 0 Å². The summed E-state index contributed by atoms with van der Waals surface area (Å²) in [6.45, 7) is 2.68. The van der Waals surface area contributed by atoms with Crippen LogP contribution in [-0.4, -0.2) is 28.8 Å². The van der Waals surface area contributed by atoms with Crippen LogP contribution in [0.1, 0.15) is 24.5 Å². The van der Waals surface area contributed by atoms with E-state index in [1.54, 1.807) is 0 Å². The lowest BCUT2D eigenvalue weighted by molar-refractivity contribution is -0.136. The van der Waals surface area contributed by atoms with Crippen LogP contribution < -0.4 is 5.32 Å². The van der Waals surface area contributed by atoms with Crippen LogP contribution in [0.25, 0.3) is 0 Å². The molecule has 0 amide bonds. The molecular weight excluding hydrogens is 218 g/mol. The molecule has 94 valence electrons. The minimum Gasteiger partial charge on any atom is -0.481 e. The van der Waals surface area contributed by atoms with Crippen molar-refractivity contribution in [1.82, 2.24) is 5.32 Å². The largest absolute Gasteiger partial charge is 0.481 e.